The van der Waals surface area contributed by atoms with E-state index in [2.05, 4.69) is 10.6 Å². The molecular formula is C25H27ClF4N4O4S. The number of carbonyl (C=O) groups is 3. The highest BCUT2D eigenvalue weighted by Crippen LogP contribution is 2.34. The lowest BCUT2D eigenvalue weighted by Gasteiger charge is -2.31. The number of ether oxygens (including phenoxy) is 1. The fourth-order valence-corrected chi connectivity index (χ4v) is 5.25. The smallest absolute Gasteiger partial charge is 0.265 e. The molecule has 0 radical (unpaired) electrons. The Hall–Kier alpha value is -2.74. The van der Waals surface area contributed by atoms with E-state index < -0.39 is 48.7 Å². The molecule has 0 bridgehead atoms. The summed E-state index contributed by atoms with van der Waals surface area (Å²) in [5, 5.41) is 5.14. The normalized spacial score (nSPS) is 16.7. The van der Waals surface area contributed by atoms with Crippen molar-refractivity contribution in [3.63, 3.8) is 0 Å². The molecular weight excluding hydrogens is 564 g/mol. The van der Waals surface area contributed by atoms with Gasteiger partial charge in [-0.1, -0.05) is 11.6 Å². The van der Waals surface area contributed by atoms with Crippen LogP contribution in [0.1, 0.15) is 34.5 Å². The maximum Gasteiger partial charge on any atom is 0.265 e. The summed E-state index contributed by atoms with van der Waals surface area (Å²) in [6.07, 6.45) is -4.01. The quantitative estimate of drug-likeness (QED) is 0.357. The first kappa shape index (κ1) is 29.2. The van der Waals surface area contributed by atoms with Crippen molar-refractivity contribution in [1.29, 1.82) is 0 Å². The molecule has 2 N–H and O–H groups in total. The summed E-state index contributed by atoms with van der Waals surface area (Å²) >= 11 is 6.91. The second-order valence-corrected chi connectivity index (χ2v) is 11.0. The monoisotopic (exact) mass is 590 g/mol. The Balaban J connectivity index is 1.55. The van der Waals surface area contributed by atoms with Crippen molar-refractivity contribution in [2.45, 2.75) is 31.7 Å². The highest BCUT2D eigenvalue weighted by atomic mass is 35.5. The number of benzene rings is 1. The number of nitrogens with one attached hydrogen (secondary N) is 2. The molecule has 4 rings (SSSR count). The minimum Gasteiger partial charge on any atom is -0.370 e. The molecule has 212 valence electrons. The number of hydrogen-bond donors (Lipinski definition) is 2. The number of rotatable bonds is 12. The third kappa shape index (κ3) is 7.90. The van der Waals surface area contributed by atoms with Gasteiger partial charge in [-0.3, -0.25) is 19.3 Å². The molecule has 2 aliphatic rings. The second-order valence-electron chi connectivity index (χ2n) is 9.28. The number of hydrogen-bond acceptors (Lipinski definition) is 6. The van der Waals surface area contributed by atoms with Crippen LogP contribution in [0, 0.1) is 5.92 Å². The van der Waals surface area contributed by atoms with E-state index in [0.717, 1.165) is 30.2 Å². The van der Waals surface area contributed by atoms with Gasteiger partial charge in [-0.2, -0.15) is 0 Å². The highest BCUT2D eigenvalue weighted by Gasteiger charge is 2.34. The minimum absolute atomic E-state index is 0.00258. The van der Waals surface area contributed by atoms with Crippen LogP contribution in [0.5, 0.6) is 0 Å². The molecule has 1 aromatic heterocycles. The molecule has 0 unspecified atom stereocenters. The third-order valence-corrected chi connectivity index (χ3v) is 7.60. The van der Waals surface area contributed by atoms with Gasteiger partial charge in [-0.25, -0.2) is 17.6 Å². The van der Waals surface area contributed by atoms with Crippen molar-refractivity contribution in [3.05, 3.63) is 45.1 Å². The van der Waals surface area contributed by atoms with E-state index in [9.17, 15) is 31.9 Å². The summed E-state index contributed by atoms with van der Waals surface area (Å²) < 4.78 is 60.3. The summed E-state index contributed by atoms with van der Waals surface area (Å²) in [5.74, 6) is -1.57. The Morgan fingerprint density at radius 3 is 2.56 bits per heavy atom. The molecule has 1 saturated heterocycles. The van der Waals surface area contributed by atoms with Gasteiger partial charge in [0.1, 0.15) is 12.6 Å². The van der Waals surface area contributed by atoms with Crippen LogP contribution in [-0.4, -0.2) is 74.5 Å². The maximum absolute atomic E-state index is 14.0. The summed E-state index contributed by atoms with van der Waals surface area (Å²) in [4.78, 5) is 40.9. The predicted octanol–water partition coefficient (Wildman–Crippen LogP) is 4.42. The number of halogens is 5. The van der Waals surface area contributed by atoms with Crippen LogP contribution in [-0.2, 0) is 14.3 Å². The lowest BCUT2D eigenvalue weighted by atomic mass is 10.1. The first-order valence-corrected chi connectivity index (χ1v) is 13.5. The molecule has 1 aromatic carbocycles. The summed E-state index contributed by atoms with van der Waals surface area (Å²) in [5.41, 5.74) is -0.461. The molecule has 0 spiro atoms. The molecule has 1 aliphatic heterocycles. The first-order chi connectivity index (χ1) is 18.6. The fraction of sp³-hybridized carbons (Fsp3) is 0.480. The van der Waals surface area contributed by atoms with Gasteiger partial charge in [0.15, 0.2) is 0 Å². The van der Waals surface area contributed by atoms with Gasteiger partial charge < -0.3 is 20.3 Å². The third-order valence-electron chi connectivity index (χ3n) is 6.37. The van der Waals surface area contributed by atoms with Crippen LogP contribution in [0.25, 0.3) is 0 Å². The maximum atomic E-state index is 14.0. The van der Waals surface area contributed by atoms with Crippen molar-refractivity contribution in [1.82, 2.24) is 10.2 Å². The summed E-state index contributed by atoms with van der Waals surface area (Å²) in [7, 11) is 0. The topological polar surface area (TPSA) is 91.0 Å². The van der Waals surface area contributed by atoms with Crippen molar-refractivity contribution < 1.29 is 36.7 Å². The van der Waals surface area contributed by atoms with Gasteiger partial charge in [0.25, 0.3) is 24.7 Å². The molecule has 2 fully saturated rings. The van der Waals surface area contributed by atoms with E-state index >= 15 is 0 Å². The zero-order valence-corrected chi connectivity index (χ0v) is 22.3. The average molecular weight is 591 g/mol. The van der Waals surface area contributed by atoms with Crippen LogP contribution in [0.4, 0.5) is 28.9 Å². The molecule has 2 aromatic rings. The van der Waals surface area contributed by atoms with E-state index in [-0.39, 0.29) is 55.0 Å². The lowest BCUT2D eigenvalue weighted by Crippen LogP contribution is -2.52. The summed E-state index contributed by atoms with van der Waals surface area (Å²) in [6, 6.07) is 5.57. The Kier molecular flexibility index (Phi) is 9.81. The first-order valence-electron chi connectivity index (χ1n) is 12.3. The van der Waals surface area contributed by atoms with Crippen molar-refractivity contribution in [2.24, 2.45) is 5.92 Å². The fourth-order valence-electron chi connectivity index (χ4n) is 4.29. The van der Waals surface area contributed by atoms with E-state index in [1.165, 1.54) is 34.1 Å². The van der Waals surface area contributed by atoms with Crippen LogP contribution >= 0.6 is 22.9 Å². The van der Waals surface area contributed by atoms with Gasteiger partial charge in [-0.15, -0.1) is 11.3 Å². The van der Waals surface area contributed by atoms with Gasteiger partial charge >= 0.3 is 0 Å². The van der Waals surface area contributed by atoms with Gasteiger partial charge in [0.05, 0.1) is 28.1 Å². The van der Waals surface area contributed by atoms with Crippen LogP contribution in [0.2, 0.25) is 4.34 Å². The van der Waals surface area contributed by atoms with Crippen molar-refractivity contribution in [3.8, 4) is 0 Å². The van der Waals surface area contributed by atoms with Crippen molar-refractivity contribution in [2.75, 3.05) is 49.6 Å². The zero-order chi connectivity index (χ0) is 28.1. The number of alkyl halides is 4. The number of anilines is 2. The largest absolute Gasteiger partial charge is 0.370 e. The molecule has 1 aliphatic carbocycles. The molecule has 3 amide bonds. The number of nitrogens with zero attached hydrogens (tertiary/aromatic N) is 2. The second kappa shape index (κ2) is 13.1. The number of amides is 3. The molecule has 2 heterocycles. The van der Waals surface area contributed by atoms with Crippen LogP contribution < -0.4 is 15.5 Å². The number of carbonyl (C=O) groups excluding carboxylic acids is 3. The Bertz CT molecular complexity index is 1190. The van der Waals surface area contributed by atoms with Gasteiger partial charge in [-0.05, 0) is 49.1 Å². The van der Waals surface area contributed by atoms with Crippen LogP contribution in [0.15, 0.2) is 30.3 Å². The van der Waals surface area contributed by atoms with E-state index in [1.54, 1.807) is 0 Å². The zero-order valence-electron chi connectivity index (χ0n) is 20.7. The highest BCUT2D eigenvalue weighted by molar-refractivity contribution is 7.18. The number of thiophene rings is 1. The van der Waals surface area contributed by atoms with E-state index in [0.29, 0.717) is 4.34 Å². The average Bonchev–Trinajstić information content (AvgIpc) is 3.60. The molecule has 1 saturated carbocycles. The Labute approximate surface area is 231 Å². The summed E-state index contributed by atoms with van der Waals surface area (Å²) in [6.45, 7) is -0.696. The minimum atomic E-state index is -2.95. The Morgan fingerprint density at radius 1 is 1.18 bits per heavy atom. The van der Waals surface area contributed by atoms with E-state index in [4.69, 9.17) is 16.3 Å². The lowest BCUT2D eigenvalue weighted by molar-refractivity contribution is -0.125. The van der Waals surface area contributed by atoms with E-state index in [1.807, 2.05) is 0 Å². The molecule has 8 nitrogen and oxygen atoms in total. The molecule has 39 heavy (non-hydrogen) atoms. The van der Waals surface area contributed by atoms with Crippen molar-refractivity contribution >= 4 is 52.0 Å². The SMILES string of the molecule is O=C(NC[C@@H](C(=O)Nc1ccc(N2CCOCC2=O)c(C(F)F)c1)N(CC(F)F)CC1CC1)c1ccc(Cl)s1. The molecule has 1 atom stereocenters. The van der Waals surface area contributed by atoms with Gasteiger partial charge in [0.2, 0.25) is 5.91 Å². The molecule has 14 heteroatoms. The predicted molar refractivity (Wildman–Crippen MR) is 139 cm³/mol. The standard InChI is InChI=1S/C25H27ClF4N4O4S/c26-20-6-5-19(39-20)25(37)31-10-18(33(12-21(27)28)11-14-1-2-14)24(36)32-15-3-4-17(16(9-15)23(29)30)34-7-8-38-13-22(34)35/h3-6,9,14,18,21,23H,1-2,7-8,10-13H2,(H,31,37)(H,32,36)/t18-/m0/s1. The van der Waals surface area contributed by atoms with Crippen LogP contribution in [0.3, 0.4) is 0 Å². The van der Waals surface area contributed by atoms with Gasteiger partial charge in [0, 0.05) is 30.9 Å². The Morgan fingerprint density at radius 2 is 1.95 bits per heavy atom. The number of morpholine rings is 1.